The number of para-hydroxylation sites is 1. The summed E-state index contributed by atoms with van der Waals surface area (Å²) in [6, 6.07) is 9.39. The molecule has 0 N–H and O–H groups in total. The van der Waals surface area contributed by atoms with Gasteiger partial charge in [0.15, 0.2) is 0 Å². The van der Waals surface area contributed by atoms with Crippen LogP contribution in [0.3, 0.4) is 0 Å². The molecule has 1 aromatic heterocycles. The van der Waals surface area contributed by atoms with Crippen molar-refractivity contribution in [3.63, 3.8) is 0 Å². The molecular formula is C14H11N3O. The number of hydrogen-bond acceptors (Lipinski definition) is 4. The quantitative estimate of drug-likeness (QED) is 0.716. The summed E-state index contributed by atoms with van der Waals surface area (Å²) in [5.74, 6) is 0.155. The average Bonchev–Trinajstić information content (AvgIpc) is 2.47. The lowest BCUT2D eigenvalue weighted by Gasteiger charge is -2.08. The van der Waals surface area contributed by atoms with Crippen molar-refractivity contribution in [3.8, 4) is 0 Å². The van der Waals surface area contributed by atoms with E-state index in [1.54, 1.807) is 18.5 Å². The number of carbonyl (C=O) groups excluding carboxylic acids is 1. The Morgan fingerprint density at radius 2 is 1.83 bits per heavy atom. The summed E-state index contributed by atoms with van der Waals surface area (Å²) in [5.41, 5.74) is 0.756. The normalized spacial score (nSPS) is 13.7. The molecule has 3 rings (SSSR count). The van der Waals surface area contributed by atoms with Gasteiger partial charge < -0.3 is 0 Å². The Morgan fingerprint density at radius 3 is 2.67 bits per heavy atom. The Morgan fingerprint density at radius 1 is 1.06 bits per heavy atom. The fraction of sp³-hybridized carbons (Fsp3) is 0.143. The molecule has 88 valence electrons. The maximum atomic E-state index is 12.4. The summed E-state index contributed by atoms with van der Waals surface area (Å²) in [5, 5.41) is 1.78. The van der Waals surface area contributed by atoms with Gasteiger partial charge in [0.2, 0.25) is 11.6 Å². The van der Waals surface area contributed by atoms with Gasteiger partial charge in [-0.2, -0.15) is 0 Å². The minimum absolute atomic E-state index is 0.0991. The van der Waals surface area contributed by atoms with Crippen LogP contribution >= 0.6 is 0 Å². The lowest BCUT2D eigenvalue weighted by Crippen LogP contribution is -2.33. The van der Waals surface area contributed by atoms with Gasteiger partial charge in [-0.25, -0.2) is 9.97 Å². The number of hydrogen-bond donors (Lipinski definition) is 0. The van der Waals surface area contributed by atoms with Crippen LogP contribution in [0.5, 0.6) is 0 Å². The Balaban J connectivity index is 2.19. The van der Waals surface area contributed by atoms with Crippen molar-refractivity contribution in [2.24, 2.45) is 4.99 Å². The van der Waals surface area contributed by atoms with E-state index in [1.807, 2.05) is 24.3 Å². The molecule has 2 aromatic rings. The third-order valence-corrected chi connectivity index (χ3v) is 2.92. The van der Waals surface area contributed by atoms with Gasteiger partial charge in [-0.3, -0.25) is 9.79 Å². The third kappa shape index (κ3) is 1.82. The average molecular weight is 237 g/mol. The van der Waals surface area contributed by atoms with Crippen molar-refractivity contribution in [3.05, 3.63) is 59.1 Å². The van der Waals surface area contributed by atoms with E-state index in [-0.39, 0.29) is 11.6 Å². The Kier molecular flexibility index (Phi) is 2.68. The van der Waals surface area contributed by atoms with Crippen LogP contribution in [-0.4, -0.2) is 22.3 Å². The first-order valence-corrected chi connectivity index (χ1v) is 5.81. The maximum Gasteiger partial charge on any atom is 0.226 e. The highest BCUT2D eigenvalue weighted by molar-refractivity contribution is 6.22. The highest BCUT2D eigenvalue weighted by Gasteiger charge is 2.17. The van der Waals surface area contributed by atoms with Gasteiger partial charge in [0.25, 0.3) is 0 Å². The van der Waals surface area contributed by atoms with Crippen LogP contribution in [0.25, 0.3) is 5.57 Å². The molecule has 4 nitrogen and oxygen atoms in total. The van der Waals surface area contributed by atoms with Gasteiger partial charge >= 0.3 is 0 Å². The highest BCUT2D eigenvalue weighted by atomic mass is 16.1. The van der Waals surface area contributed by atoms with Crippen molar-refractivity contribution < 1.29 is 4.79 Å². The first-order chi connectivity index (χ1) is 8.86. The summed E-state index contributed by atoms with van der Waals surface area (Å²) in [6.07, 6.45) is 3.81. The van der Waals surface area contributed by atoms with E-state index in [2.05, 4.69) is 15.0 Å². The number of carbonyl (C=O) groups is 1. The van der Waals surface area contributed by atoms with E-state index >= 15 is 0 Å². The molecule has 0 fully saturated rings. The summed E-state index contributed by atoms with van der Waals surface area (Å²) in [6.45, 7) is 0.644. The first kappa shape index (κ1) is 10.8. The van der Waals surface area contributed by atoms with Crippen LogP contribution in [0.1, 0.15) is 17.0 Å². The second-order valence-corrected chi connectivity index (χ2v) is 4.03. The van der Waals surface area contributed by atoms with Crippen molar-refractivity contribution in [2.75, 3.05) is 6.54 Å². The van der Waals surface area contributed by atoms with Gasteiger partial charge in [-0.1, -0.05) is 18.2 Å². The molecule has 0 aliphatic carbocycles. The minimum atomic E-state index is -0.0991. The number of rotatable bonds is 2. The van der Waals surface area contributed by atoms with Crippen LogP contribution in [0.2, 0.25) is 0 Å². The topological polar surface area (TPSA) is 55.2 Å². The molecule has 0 spiro atoms. The molecule has 2 heterocycles. The lowest BCUT2D eigenvalue weighted by atomic mass is 10.0. The largest absolute Gasteiger partial charge is 0.285 e. The number of aromatic nitrogens is 2. The lowest BCUT2D eigenvalue weighted by molar-refractivity contribution is 0.104. The molecule has 1 aromatic carbocycles. The van der Waals surface area contributed by atoms with E-state index in [0.717, 1.165) is 16.1 Å². The van der Waals surface area contributed by atoms with Crippen LogP contribution in [0, 0.1) is 0 Å². The minimum Gasteiger partial charge on any atom is -0.285 e. The van der Waals surface area contributed by atoms with Crippen molar-refractivity contribution in [1.29, 1.82) is 0 Å². The Labute approximate surface area is 104 Å². The van der Waals surface area contributed by atoms with Crippen LogP contribution in [0.15, 0.2) is 47.7 Å². The number of Topliss-reactive ketones (excluding diaryl/α,β-unsaturated/α-hetero) is 1. The zero-order valence-electron chi connectivity index (χ0n) is 9.71. The molecule has 0 amide bonds. The SMILES string of the molecule is O=C(C1=c2ccccc2=NCC1)c1ncccn1. The highest BCUT2D eigenvalue weighted by Crippen LogP contribution is 2.09. The van der Waals surface area contributed by atoms with Gasteiger partial charge in [0, 0.05) is 29.7 Å². The molecule has 0 bridgehead atoms. The van der Waals surface area contributed by atoms with Gasteiger partial charge in [0.1, 0.15) is 0 Å². The van der Waals surface area contributed by atoms with Crippen molar-refractivity contribution >= 4 is 11.4 Å². The summed E-state index contributed by atoms with van der Waals surface area (Å²) in [7, 11) is 0. The summed E-state index contributed by atoms with van der Waals surface area (Å²) >= 11 is 0. The molecule has 1 aliphatic rings. The van der Waals surface area contributed by atoms with Gasteiger partial charge in [-0.05, 0) is 18.6 Å². The van der Waals surface area contributed by atoms with Gasteiger partial charge in [-0.15, -0.1) is 0 Å². The number of benzene rings is 1. The van der Waals surface area contributed by atoms with Crippen LogP contribution in [-0.2, 0) is 0 Å². The predicted molar refractivity (Wildman–Crippen MR) is 66.5 cm³/mol. The predicted octanol–water partition coefficient (Wildman–Crippen LogP) is 0.534. The number of nitrogens with zero attached hydrogens (tertiary/aromatic N) is 3. The molecule has 0 unspecified atom stereocenters. The molecule has 1 aliphatic heterocycles. The molecule has 0 saturated carbocycles. The van der Waals surface area contributed by atoms with Crippen LogP contribution < -0.4 is 10.6 Å². The zero-order chi connectivity index (χ0) is 12.4. The fourth-order valence-electron chi connectivity index (χ4n) is 2.08. The standard InChI is InChI=1S/C14H11N3O/c18-13(14-16-7-3-8-17-14)11-6-9-15-12-5-2-1-4-10(11)12/h1-5,7-8H,6,9H2. The summed E-state index contributed by atoms with van der Waals surface area (Å²) < 4.78 is 0. The van der Waals surface area contributed by atoms with Crippen molar-refractivity contribution in [2.45, 2.75) is 6.42 Å². The van der Waals surface area contributed by atoms with Crippen LogP contribution in [0.4, 0.5) is 0 Å². The van der Waals surface area contributed by atoms with E-state index in [1.165, 1.54) is 0 Å². The molecular weight excluding hydrogens is 226 g/mol. The molecule has 0 atom stereocenters. The zero-order valence-corrected chi connectivity index (χ0v) is 9.71. The van der Waals surface area contributed by atoms with E-state index < -0.39 is 0 Å². The number of ketones is 1. The number of fused-ring (bicyclic) bond motifs is 1. The van der Waals surface area contributed by atoms with E-state index in [9.17, 15) is 4.79 Å². The maximum absolute atomic E-state index is 12.4. The first-order valence-electron chi connectivity index (χ1n) is 5.81. The molecule has 4 heteroatoms. The summed E-state index contributed by atoms with van der Waals surface area (Å²) in [4.78, 5) is 24.8. The van der Waals surface area contributed by atoms with Crippen molar-refractivity contribution in [1.82, 2.24) is 9.97 Å². The second-order valence-electron chi connectivity index (χ2n) is 4.03. The molecule has 0 radical (unpaired) electrons. The molecule has 0 saturated heterocycles. The third-order valence-electron chi connectivity index (χ3n) is 2.92. The molecule has 18 heavy (non-hydrogen) atoms. The Bertz CT molecular complexity index is 707. The smallest absolute Gasteiger partial charge is 0.226 e. The van der Waals surface area contributed by atoms with E-state index in [4.69, 9.17) is 0 Å². The van der Waals surface area contributed by atoms with E-state index in [0.29, 0.717) is 13.0 Å². The van der Waals surface area contributed by atoms with Gasteiger partial charge in [0.05, 0.1) is 5.36 Å². The monoisotopic (exact) mass is 237 g/mol. The second kappa shape index (κ2) is 4.49. The Hall–Kier alpha value is -2.36. The fourth-order valence-corrected chi connectivity index (χ4v) is 2.08.